The molecule has 5 nitrogen and oxygen atoms in total. The molecule has 0 spiro atoms. The van der Waals surface area contributed by atoms with Crippen LogP contribution < -0.4 is 14.8 Å². The van der Waals surface area contributed by atoms with E-state index in [0.29, 0.717) is 12.3 Å². The molecule has 0 atom stereocenters. The first-order chi connectivity index (χ1) is 15.7. The van der Waals surface area contributed by atoms with Crippen molar-refractivity contribution in [2.24, 2.45) is 0 Å². The molecule has 6 heteroatoms. The van der Waals surface area contributed by atoms with E-state index >= 15 is 0 Å². The number of aromatic nitrogens is 1. The number of thioether (sulfide) groups is 1. The molecule has 1 N–H and O–H groups in total. The maximum Gasteiger partial charge on any atom is 0.231 e. The van der Waals surface area contributed by atoms with Crippen LogP contribution in [-0.2, 0) is 17.9 Å². The van der Waals surface area contributed by atoms with E-state index in [1.54, 1.807) is 11.8 Å². The average Bonchev–Trinajstić information content (AvgIpc) is 3.41. The SMILES string of the molecule is Cc1cccc(Cn2cc(SCC(=O)NCc3ccc4c(c3)OCO4)c3ccccc32)c1. The summed E-state index contributed by atoms with van der Waals surface area (Å²) in [5.74, 6) is 1.84. The number of ether oxygens (including phenoxy) is 2. The number of para-hydroxylation sites is 1. The molecule has 1 aliphatic rings. The topological polar surface area (TPSA) is 52.5 Å². The van der Waals surface area contributed by atoms with Crippen LogP contribution in [0.5, 0.6) is 11.5 Å². The number of nitrogens with one attached hydrogen (secondary N) is 1. The number of hydrogen-bond acceptors (Lipinski definition) is 4. The molecule has 4 aromatic rings. The Hall–Kier alpha value is -3.38. The minimum absolute atomic E-state index is 0.00295. The molecule has 1 aromatic heterocycles. The molecular formula is C26H24N2O3S. The van der Waals surface area contributed by atoms with Crippen LogP contribution in [-0.4, -0.2) is 23.0 Å². The molecule has 0 radical (unpaired) electrons. The summed E-state index contributed by atoms with van der Waals surface area (Å²) >= 11 is 1.57. The lowest BCUT2D eigenvalue weighted by atomic mass is 10.1. The van der Waals surface area contributed by atoms with Gasteiger partial charge in [0.05, 0.1) is 5.75 Å². The molecule has 0 aliphatic carbocycles. The van der Waals surface area contributed by atoms with Crippen LogP contribution in [0.4, 0.5) is 0 Å². The van der Waals surface area contributed by atoms with E-state index in [1.165, 1.54) is 22.0 Å². The van der Waals surface area contributed by atoms with Crippen molar-refractivity contribution in [3.8, 4) is 11.5 Å². The van der Waals surface area contributed by atoms with Crippen LogP contribution in [0.15, 0.2) is 77.8 Å². The van der Waals surface area contributed by atoms with Gasteiger partial charge in [-0.2, -0.15) is 0 Å². The highest BCUT2D eigenvalue weighted by molar-refractivity contribution is 8.00. The average molecular weight is 445 g/mol. The second-order valence-electron chi connectivity index (χ2n) is 7.88. The second kappa shape index (κ2) is 9.01. The predicted octanol–water partition coefficient (Wildman–Crippen LogP) is 5.14. The molecule has 1 amide bonds. The fourth-order valence-corrected chi connectivity index (χ4v) is 4.83. The van der Waals surface area contributed by atoms with Crippen molar-refractivity contribution in [2.75, 3.05) is 12.5 Å². The maximum atomic E-state index is 12.5. The van der Waals surface area contributed by atoms with Crippen molar-refractivity contribution in [2.45, 2.75) is 24.9 Å². The highest BCUT2D eigenvalue weighted by atomic mass is 32.2. The van der Waals surface area contributed by atoms with Gasteiger partial charge in [0.15, 0.2) is 11.5 Å². The summed E-state index contributed by atoms with van der Waals surface area (Å²) in [5.41, 5.74) is 4.69. The molecule has 1 aliphatic heterocycles. The molecule has 5 rings (SSSR count). The van der Waals surface area contributed by atoms with Gasteiger partial charge < -0.3 is 19.4 Å². The van der Waals surface area contributed by atoms with Crippen LogP contribution in [0, 0.1) is 6.92 Å². The van der Waals surface area contributed by atoms with Crippen molar-refractivity contribution >= 4 is 28.6 Å². The zero-order chi connectivity index (χ0) is 21.9. The number of nitrogens with zero attached hydrogens (tertiary/aromatic N) is 1. The van der Waals surface area contributed by atoms with Gasteiger partial charge in [0.1, 0.15) is 0 Å². The van der Waals surface area contributed by atoms with Gasteiger partial charge >= 0.3 is 0 Å². The molecular weight excluding hydrogens is 420 g/mol. The summed E-state index contributed by atoms with van der Waals surface area (Å²) in [6, 6.07) is 22.7. The van der Waals surface area contributed by atoms with Crippen molar-refractivity contribution in [1.29, 1.82) is 0 Å². The number of hydrogen-bond donors (Lipinski definition) is 1. The van der Waals surface area contributed by atoms with Gasteiger partial charge in [-0.15, -0.1) is 11.8 Å². The Kier molecular flexibility index (Phi) is 5.77. The van der Waals surface area contributed by atoms with Crippen LogP contribution in [0.3, 0.4) is 0 Å². The van der Waals surface area contributed by atoms with E-state index in [2.05, 4.69) is 65.5 Å². The fraction of sp³-hybridized carbons (Fsp3) is 0.192. The van der Waals surface area contributed by atoms with Gasteiger partial charge in [0, 0.05) is 35.1 Å². The van der Waals surface area contributed by atoms with Crippen LogP contribution in [0.25, 0.3) is 10.9 Å². The lowest BCUT2D eigenvalue weighted by molar-refractivity contribution is -0.118. The number of amides is 1. The Morgan fingerprint density at radius 1 is 1.00 bits per heavy atom. The zero-order valence-corrected chi connectivity index (χ0v) is 18.7. The lowest BCUT2D eigenvalue weighted by Crippen LogP contribution is -2.24. The molecule has 0 fully saturated rings. The smallest absolute Gasteiger partial charge is 0.231 e. The van der Waals surface area contributed by atoms with Crippen molar-refractivity contribution in [1.82, 2.24) is 9.88 Å². The third kappa shape index (κ3) is 4.46. The Bertz CT molecular complexity index is 1280. The molecule has 0 unspecified atom stereocenters. The first kappa shape index (κ1) is 20.5. The number of carbonyl (C=O) groups excluding carboxylic acids is 1. The Labute approximate surface area is 191 Å². The van der Waals surface area contributed by atoms with Gasteiger partial charge in [0.25, 0.3) is 0 Å². The Morgan fingerprint density at radius 2 is 1.88 bits per heavy atom. The third-order valence-electron chi connectivity index (χ3n) is 5.47. The van der Waals surface area contributed by atoms with Crippen molar-refractivity contribution in [3.05, 3.63) is 89.6 Å². The molecule has 2 heterocycles. The number of fused-ring (bicyclic) bond motifs is 2. The van der Waals surface area contributed by atoms with Gasteiger partial charge in [-0.05, 0) is 36.2 Å². The molecule has 0 saturated heterocycles. The van der Waals surface area contributed by atoms with Gasteiger partial charge in [0.2, 0.25) is 12.7 Å². The number of aryl methyl sites for hydroxylation is 1. The Balaban J connectivity index is 1.24. The standard InChI is InChI=1S/C26H24N2O3S/c1-18-5-4-6-20(11-18)14-28-15-25(21-7-2-3-8-22(21)28)32-16-26(29)27-13-19-9-10-23-24(12-19)31-17-30-23/h2-12,15H,13-14,16-17H2,1H3,(H,27,29). The second-order valence-corrected chi connectivity index (χ2v) is 8.90. The summed E-state index contributed by atoms with van der Waals surface area (Å²) in [7, 11) is 0. The van der Waals surface area contributed by atoms with E-state index in [0.717, 1.165) is 28.5 Å². The quantitative estimate of drug-likeness (QED) is 0.401. The maximum absolute atomic E-state index is 12.5. The van der Waals surface area contributed by atoms with E-state index in [9.17, 15) is 4.79 Å². The summed E-state index contributed by atoms with van der Waals surface area (Å²) < 4.78 is 13.0. The summed E-state index contributed by atoms with van der Waals surface area (Å²) in [6.07, 6.45) is 2.16. The molecule has 0 saturated carbocycles. The number of benzene rings is 3. The van der Waals surface area contributed by atoms with E-state index in [4.69, 9.17) is 9.47 Å². The molecule has 3 aromatic carbocycles. The first-order valence-electron chi connectivity index (χ1n) is 10.6. The molecule has 32 heavy (non-hydrogen) atoms. The van der Waals surface area contributed by atoms with Gasteiger partial charge in [-0.1, -0.05) is 54.1 Å². The normalized spacial score (nSPS) is 12.3. The minimum atomic E-state index is 0.00295. The van der Waals surface area contributed by atoms with E-state index < -0.39 is 0 Å². The summed E-state index contributed by atoms with van der Waals surface area (Å²) in [6.45, 7) is 3.63. The molecule has 162 valence electrons. The fourth-order valence-electron chi connectivity index (χ4n) is 3.91. The lowest BCUT2D eigenvalue weighted by Gasteiger charge is -2.06. The zero-order valence-electron chi connectivity index (χ0n) is 17.8. The third-order valence-corrected chi connectivity index (χ3v) is 6.52. The first-order valence-corrected chi connectivity index (χ1v) is 11.6. The van der Waals surface area contributed by atoms with Gasteiger partial charge in [-0.25, -0.2) is 0 Å². The van der Waals surface area contributed by atoms with E-state index in [1.807, 2.05) is 24.3 Å². The van der Waals surface area contributed by atoms with Gasteiger partial charge in [-0.3, -0.25) is 4.79 Å². The highest BCUT2D eigenvalue weighted by Gasteiger charge is 2.14. The van der Waals surface area contributed by atoms with Crippen LogP contribution in [0.2, 0.25) is 0 Å². The van der Waals surface area contributed by atoms with Crippen LogP contribution in [0.1, 0.15) is 16.7 Å². The largest absolute Gasteiger partial charge is 0.454 e. The highest BCUT2D eigenvalue weighted by Crippen LogP contribution is 2.33. The summed E-state index contributed by atoms with van der Waals surface area (Å²) in [5, 5.41) is 4.17. The number of rotatable bonds is 7. The summed E-state index contributed by atoms with van der Waals surface area (Å²) in [4.78, 5) is 13.6. The minimum Gasteiger partial charge on any atom is -0.454 e. The number of carbonyl (C=O) groups is 1. The Morgan fingerprint density at radius 3 is 2.78 bits per heavy atom. The van der Waals surface area contributed by atoms with E-state index in [-0.39, 0.29) is 12.7 Å². The van der Waals surface area contributed by atoms with Crippen LogP contribution >= 0.6 is 11.8 Å². The predicted molar refractivity (Wildman–Crippen MR) is 127 cm³/mol. The van der Waals surface area contributed by atoms with Crippen molar-refractivity contribution < 1.29 is 14.3 Å². The molecule has 0 bridgehead atoms. The monoisotopic (exact) mass is 444 g/mol. The van der Waals surface area contributed by atoms with Crippen molar-refractivity contribution in [3.63, 3.8) is 0 Å².